The molecule has 1 amide bonds. The molecule has 1 aromatic heterocycles. The number of aliphatic hydroxyl groups is 1. The number of carbonyl (C=O) groups is 1. The van der Waals surface area contributed by atoms with Gasteiger partial charge in [0.25, 0.3) is 11.5 Å². The summed E-state index contributed by atoms with van der Waals surface area (Å²) in [5.41, 5.74) is -0.194. The molecule has 0 spiro atoms. The van der Waals surface area contributed by atoms with Crippen LogP contribution in [0.2, 0.25) is 0 Å². The first-order chi connectivity index (χ1) is 11.8. The molecular weight excluding hydrogens is 318 g/mol. The molecule has 0 aliphatic rings. The first-order valence-electron chi connectivity index (χ1n) is 8.46. The summed E-state index contributed by atoms with van der Waals surface area (Å²) in [5.74, 6) is -0.363. The Kier molecular flexibility index (Phi) is 6.09. The SMILES string of the molecule is CCC(C)C(C)(O)CNC(=O)c1ccc(=O)n(Cc2ccccc2)n1. The highest BCUT2D eigenvalue weighted by atomic mass is 16.3. The van der Waals surface area contributed by atoms with Crippen LogP contribution in [-0.4, -0.2) is 32.9 Å². The van der Waals surface area contributed by atoms with E-state index in [1.807, 2.05) is 44.2 Å². The van der Waals surface area contributed by atoms with Gasteiger partial charge in [-0.05, 0) is 24.5 Å². The first-order valence-corrected chi connectivity index (χ1v) is 8.46. The minimum atomic E-state index is -0.997. The lowest BCUT2D eigenvalue weighted by molar-refractivity contribution is 0.00586. The van der Waals surface area contributed by atoms with Crippen LogP contribution in [0, 0.1) is 5.92 Å². The van der Waals surface area contributed by atoms with Crippen molar-refractivity contribution in [3.05, 3.63) is 64.1 Å². The lowest BCUT2D eigenvalue weighted by atomic mass is 9.88. The van der Waals surface area contributed by atoms with Crippen molar-refractivity contribution in [1.82, 2.24) is 15.1 Å². The monoisotopic (exact) mass is 343 g/mol. The van der Waals surface area contributed by atoms with Crippen molar-refractivity contribution in [3.8, 4) is 0 Å². The Morgan fingerprint density at radius 1 is 1.28 bits per heavy atom. The van der Waals surface area contributed by atoms with Crippen LogP contribution < -0.4 is 10.9 Å². The van der Waals surface area contributed by atoms with Gasteiger partial charge in [0.15, 0.2) is 0 Å². The first kappa shape index (κ1) is 18.9. The summed E-state index contributed by atoms with van der Waals surface area (Å²) in [5, 5.41) is 17.2. The van der Waals surface area contributed by atoms with Crippen molar-refractivity contribution < 1.29 is 9.90 Å². The van der Waals surface area contributed by atoms with E-state index in [0.29, 0.717) is 6.54 Å². The molecule has 2 atom stereocenters. The molecule has 1 heterocycles. The molecule has 0 saturated heterocycles. The maximum Gasteiger partial charge on any atom is 0.271 e. The number of amides is 1. The predicted molar refractivity (Wildman–Crippen MR) is 96.5 cm³/mol. The largest absolute Gasteiger partial charge is 0.388 e. The molecule has 25 heavy (non-hydrogen) atoms. The van der Waals surface area contributed by atoms with Gasteiger partial charge >= 0.3 is 0 Å². The fraction of sp³-hybridized carbons (Fsp3) is 0.421. The molecule has 2 N–H and O–H groups in total. The summed E-state index contributed by atoms with van der Waals surface area (Å²) in [6, 6.07) is 12.2. The second kappa shape index (κ2) is 8.07. The topological polar surface area (TPSA) is 84.2 Å². The molecule has 2 rings (SSSR count). The van der Waals surface area contributed by atoms with Gasteiger partial charge in [0.1, 0.15) is 5.69 Å². The molecule has 6 heteroatoms. The molecule has 0 aliphatic heterocycles. The van der Waals surface area contributed by atoms with E-state index in [1.165, 1.54) is 16.8 Å². The van der Waals surface area contributed by atoms with Gasteiger partial charge in [-0.3, -0.25) is 9.59 Å². The van der Waals surface area contributed by atoms with E-state index in [2.05, 4.69) is 10.4 Å². The van der Waals surface area contributed by atoms with Gasteiger partial charge in [0.2, 0.25) is 0 Å². The van der Waals surface area contributed by atoms with Crippen molar-refractivity contribution in [3.63, 3.8) is 0 Å². The number of hydrogen-bond acceptors (Lipinski definition) is 4. The summed E-state index contributed by atoms with van der Waals surface area (Å²) in [6.45, 7) is 6.04. The Balaban J connectivity index is 2.10. The highest BCUT2D eigenvalue weighted by Gasteiger charge is 2.27. The number of hydrogen-bond donors (Lipinski definition) is 2. The quantitative estimate of drug-likeness (QED) is 0.803. The van der Waals surface area contributed by atoms with Gasteiger partial charge in [0.05, 0.1) is 12.1 Å². The second-order valence-corrected chi connectivity index (χ2v) is 6.55. The number of nitrogens with zero attached hydrogens (tertiary/aromatic N) is 2. The van der Waals surface area contributed by atoms with Gasteiger partial charge in [-0.1, -0.05) is 50.6 Å². The molecule has 6 nitrogen and oxygen atoms in total. The Morgan fingerprint density at radius 3 is 2.60 bits per heavy atom. The Labute approximate surface area is 147 Å². The van der Waals surface area contributed by atoms with Crippen LogP contribution in [-0.2, 0) is 6.54 Å². The molecule has 2 unspecified atom stereocenters. The number of aromatic nitrogens is 2. The van der Waals surface area contributed by atoms with Crippen LogP contribution >= 0.6 is 0 Å². The van der Waals surface area contributed by atoms with Crippen molar-refractivity contribution in [2.24, 2.45) is 5.92 Å². The zero-order valence-electron chi connectivity index (χ0n) is 14.9. The van der Waals surface area contributed by atoms with E-state index in [4.69, 9.17) is 0 Å². The lowest BCUT2D eigenvalue weighted by Crippen LogP contribution is -2.45. The van der Waals surface area contributed by atoms with Crippen LogP contribution in [0.1, 0.15) is 43.2 Å². The molecule has 134 valence electrons. The Hall–Kier alpha value is -2.47. The standard InChI is InChI=1S/C19H25N3O3/c1-4-14(2)19(3,25)13-20-18(24)16-10-11-17(23)22(21-16)12-15-8-6-5-7-9-15/h5-11,14,25H,4,12-13H2,1-3H3,(H,20,24). The summed E-state index contributed by atoms with van der Waals surface area (Å²) < 4.78 is 1.26. The van der Waals surface area contributed by atoms with E-state index >= 15 is 0 Å². The third-order valence-electron chi connectivity index (χ3n) is 4.56. The molecule has 0 fully saturated rings. The fourth-order valence-corrected chi connectivity index (χ4v) is 2.40. The van der Waals surface area contributed by atoms with E-state index in [1.54, 1.807) is 6.92 Å². The van der Waals surface area contributed by atoms with E-state index in [9.17, 15) is 14.7 Å². The van der Waals surface area contributed by atoms with Gasteiger partial charge in [-0.2, -0.15) is 5.10 Å². The van der Waals surface area contributed by atoms with Crippen LogP contribution in [0.15, 0.2) is 47.3 Å². The van der Waals surface area contributed by atoms with Crippen molar-refractivity contribution in [2.45, 2.75) is 39.3 Å². The van der Waals surface area contributed by atoms with Gasteiger partial charge < -0.3 is 10.4 Å². The summed E-state index contributed by atoms with van der Waals surface area (Å²) in [4.78, 5) is 24.3. The van der Waals surface area contributed by atoms with Crippen LogP contribution in [0.4, 0.5) is 0 Å². The Bertz CT molecular complexity index is 769. The molecule has 0 aliphatic carbocycles. The zero-order chi connectivity index (χ0) is 18.4. The number of carbonyl (C=O) groups excluding carboxylic acids is 1. The lowest BCUT2D eigenvalue weighted by Gasteiger charge is -2.29. The highest BCUT2D eigenvalue weighted by Crippen LogP contribution is 2.18. The van der Waals surface area contributed by atoms with E-state index < -0.39 is 11.5 Å². The third-order valence-corrected chi connectivity index (χ3v) is 4.56. The van der Waals surface area contributed by atoms with Crippen LogP contribution in [0.3, 0.4) is 0 Å². The van der Waals surface area contributed by atoms with Gasteiger partial charge in [-0.25, -0.2) is 4.68 Å². The normalized spacial score (nSPS) is 14.6. The van der Waals surface area contributed by atoms with E-state index in [-0.39, 0.29) is 23.7 Å². The predicted octanol–water partition coefficient (Wildman–Crippen LogP) is 1.82. The van der Waals surface area contributed by atoms with Gasteiger partial charge in [-0.15, -0.1) is 0 Å². The molecule has 1 aromatic carbocycles. The average molecular weight is 343 g/mol. The minimum Gasteiger partial charge on any atom is -0.388 e. The molecule has 0 saturated carbocycles. The van der Waals surface area contributed by atoms with Gasteiger partial charge in [0, 0.05) is 12.6 Å². The summed E-state index contributed by atoms with van der Waals surface area (Å²) in [6.07, 6.45) is 0.809. The maximum absolute atomic E-state index is 12.3. The van der Waals surface area contributed by atoms with Crippen LogP contribution in [0.5, 0.6) is 0 Å². The minimum absolute atomic E-state index is 0.0489. The average Bonchev–Trinajstić information content (AvgIpc) is 2.61. The van der Waals surface area contributed by atoms with E-state index in [0.717, 1.165) is 12.0 Å². The van der Waals surface area contributed by atoms with Crippen molar-refractivity contribution >= 4 is 5.91 Å². The summed E-state index contributed by atoms with van der Waals surface area (Å²) in [7, 11) is 0. The van der Waals surface area contributed by atoms with Crippen molar-refractivity contribution in [2.75, 3.05) is 6.54 Å². The molecule has 0 bridgehead atoms. The molecule has 2 aromatic rings. The fourth-order valence-electron chi connectivity index (χ4n) is 2.40. The number of benzene rings is 1. The molecular formula is C19H25N3O3. The number of rotatable bonds is 7. The Morgan fingerprint density at radius 2 is 1.96 bits per heavy atom. The van der Waals surface area contributed by atoms with Crippen LogP contribution in [0.25, 0.3) is 0 Å². The highest BCUT2D eigenvalue weighted by molar-refractivity contribution is 5.92. The van der Waals surface area contributed by atoms with Crippen molar-refractivity contribution in [1.29, 1.82) is 0 Å². The second-order valence-electron chi connectivity index (χ2n) is 6.55. The maximum atomic E-state index is 12.3. The number of nitrogens with one attached hydrogen (secondary N) is 1. The smallest absolute Gasteiger partial charge is 0.271 e. The third kappa shape index (κ3) is 5.00. The molecule has 0 radical (unpaired) electrons. The zero-order valence-corrected chi connectivity index (χ0v) is 14.9. The summed E-state index contributed by atoms with van der Waals surface area (Å²) >= 11 is 0.